The molecule has 0 spiro atoms. The van der Waals surface area contributed by atoms with Crippen LogP contribution in [0.5, 0.6) is 17.2 Å². The molecule has 3 aromatic carbocycles. The average Bonchev–Trinajstić information content (AvgIpc) is 2.90. The van der Waals surface area contributed by atoms with E-state index < -0.39 is 0 Å². The zero-order valence-electron chi connectivity index (χ0n) is 22.0. The molecule has 3 rings (SSSR count). The fourth-order valence-corrected chi connectivity index (χ4v) is 3.99. The van der Waals surface area contributed by atoms with Crippen LogP contribution in [0.2, 0.25) is 0 Å². The lowest BCUT2D eigenvalue weighted by atomic mass is 10.0. The monoisotopic (exact) mass is 488 g/mol. The Balaban J connectivity index is 1.49. The third kappa shape index (κ3) is 9.07. The number of unbranched alkanes of at least 4 members (excludes halogenated alkanes) is 5. The van der Waals surface area contributed by atoms with Gasteiger partial charge in [-0.3, -0.25) is 0 Å². The molecule has 0 unspecified atom stereocenters. The fraction of sp³-hybridized carbons (Fsp3) is 0.406. The molecule has 4 nitrogen and oxygen atoms in total. The van der Waals surface area contributed by atoms with Crippen molar-refractivity contribution in [3.8, 4) is 28.4 Å². The number of esters is 1. The summed E-state index contributed by atoms with van der Waals surface area (Å²) >= 11 is 0. The van der Waals surface area contributed by atoms with Gasteiger partial charge in [-0.25, -0.2) is 4.79 Å². The van der Waals surface area contributed by atoms with E-state index in [0.29, 0.717) is 17.9 Å². The first-order valence-electron chi connectivity index (χ1n) is 13.4. The molecular weight excluding hydrogens is 448 g/mol. The molecule has 0 bridgehead atoms. The summed E-state index contributed by atoms with van der Waals surface area (Å²) in [4.78, 5) is 12.6. The van der Waals surface area contributed by atoms with Crippen LogP contribution in [0.15, 0.2) is 72.8 Å². The van der Waals surface area contributed by atoms with Gasteiger partial charge in [-0.15, -0.1) is 0 Å². The second-order valence-electron chi connectivity index (χ2n) is 9.30. The van der Waals surface area contributed by atoms with Crippen LogP contribution in [0.4, 0.5) is 0 Å². The molecule has 0 radical (unpaired) electrons. The maximum atomic E-state index is 12.6. The van der Waals surface area contributed by atoms with Gasteiger partial charge in [-0.1, -0.05) is 70.2 Å². The van der Waals surface area contributed by atoms with Crippen LogP contribution in [-0.4, -0.2) is 18.7 Å². The predicted octanol–water partition coefficient (Wildman–Crippen LogP) is 8.88. The molecule has 0 N–H and O–H groups in total. The van der Waals surface area contributed by atoms with Gasteiger partial charge in [0.05, 0.1) is 18.3 Å². The first-order chi connectivity index (χ1) is 17.6. The van der Waals surface area contributed by atoms with Gasteiger partial charge < -0.3 is 14.2 Å². The zero-order chi connectivity index (χ0) is 25.6. The molecule has 1 atom stereocenters. The molecule has 0 amide bonds. The maximum absolute atomic E-state index is 12.6. The van der Waals surface area contributed by atoms with E-state index in [1.165, 1.54) is 32.1 Å². The molecule has 36 heavy (non-hydrogen) atoms. The predicted molar refractivity (Wildman–Crippen MR) is 147 cm³/mol. The molecule has 4 heteroatoms. The van der Waals surface area contributed by atoms with E-state index in [1.54, 1.807) is 24.3 Å². The van der Waals surface area contributed by atoms with E-state index in [4.69, 9.17) is 14.2 Å². The fourth-order valence-electron chi connectivity index (χ4n) is 3.99. The standard InChI is InChI=1S/C32H40O4/c1-4-6-8-9-11-25(3)35-30-18-16-27(17-19-30)26-12-14-28(15-13-26)32(33)36-31-22-20-29(21-23-31)34-24-10-7-5-2/h12-23,25H,4-11,24H2,1-3H3/t25-/m0/s1. The van der Waals surface area contributed by atoms with Gasteiger partial charge in [0, 0.05) is 0 Å². The Bertz CT molecular complexity index is 1020. The molecule has 0 aliphatic carbocycles. The Kier molecular flexibility index (Phi) is 11.4. The van der Waals surface area contributed by atoms with Crippen molar-refractivity contribution in [3.05, 3.63) is 78.4 Å². The lowest BCUT2D eigenvalue weighted by molar-refractivity contribution is 0.0734. The minimum Gasteiger partial charge on any atom is -0.494 e. The van der Waals surface area contributed by atoms with E-state index in [0.717, 1.165) is 41.9 Å². The summed E-state index contributed by atoms with van der Waals surface area (Å²) in [7, 11) is 0. The van der Waals surface area contributed by atoms with Gasteiger partial charge in [0.2, 0.25) is 0 Å². The van der Waals surface area contributed by atoms with Crippen molar-refractivity contribution in [3.63, 3.8) is 0 Å². The second kappa shape index (κ2) is 15.0. The SMILES string of the molecule is CCCCCC[C@H](C)Oc1ccc(-c2ccc(C(=O)Oc3ccc(OCCCCC)cc3)cc2)cc1. The van der Waals surface area contributed by atoms with Crippen LogP contribution in [-0.2, 0) is 0 Å². The Morgan fingerprint density at radius 2 is 1.22 bits per heavy atom. The van der Waals surface area contributed by atoms with Gasteiger partial charge >= 0.3 is 5.97 Å². The number of carbonyl (C=O) groups excluding carboxylic acids is 1. The lowest BCUT2D eigenvalue weighted by Gasteiger charge is -2.15. The van der Waals surface area contributed by atoms with Crippen molar-refractivity contribution in [2.75, 3.05) is 6.61 Å². The van der Waals surface area contributed by atoms with Crippen LogP contribution >= 0.6 is 0 Å². The summed E-state index contributed by atoms with van der Waals surface area (Å²) in [5.41, 5.74) is 2.62. The smallest absolute Gasteiger partial charge is 0.343 e. The summed E-state index contributed by atoms with van der Waals surface area (Å²) in [6.45, 7) is 7.23. The molecule has 0 aliphatic heterocycles. The quantitative estimate of drug-likeness (QED) is 0.122. The summed E-state index contributed by atoms with van der Waals surface area (Å²) in [6, 6.07) is 22.8. The van der Waals surface area contributed by atoms with E-state index in [9.17, 15) is 4.79 Å². The molecule has 3 aromatic rings. The number of ether oxygens (including phenoxy) is 3. The number of benzene rings is 3. The largest absolute Gasteiger partial charge is 0.494 e. The topological polar surface area (TPSA) is 44.8 Å². The van der Waals surface area contributed by atoms with Crippen molar-refractivity contribution in [1.82, 2.24) is 0 Å². The summed E-state index contributed by atoms with van der Waals surface area (Å²) < 4.78 is 17.3. The summed E-state index contributed by atoms with van der Waals surface area (Å²) in [6.07, 6.45) is 9.68. The van der Waals surface area contributed by atoms with Gasteiger partial charge in [0.25, 0.3) is 0 Å². The zero-order valence-corrected chi connectivity index (χ0v) is 22.0. The number of hydrogen-bond donors (Lipinski definition) is 0. The Morgan fingerprint density at radius 3 is 1.86 bits per heavy atom. The minimum absolute atomic E-state index is 0.215. The highest BCUT2D eigenvalue weighted by molar-refractivity contribution is 5.91. The highest BCUT2D eigenvalue weighted by Crippen LogP contribution is 2.25. The van der Waals surface area contributed by atoms with Gasteiger partial charge in [0.1, 0.15) is 17.2 Å². The van der Waals surface area contributed by atoms with Crippen molar-refractivity contribution in [2.24, 2.45) is 0 Å². The van der Waals surface area contributed by atoms with Crippen LogP contribution in [0.25, 0.3) is 11.1 Å². The summed E-state index contributed by atoms with van der Waals surface area (Å²) in [5, 5.41) is 0. The first-order valence-corrected chi connectivity index (χ1v) is 13.4. The van der Waals surface area contributed by atoms with Crippen molar-refractivity contribution >= 4 is 5.97 Å². The van der Waals surface area contributed by atoms with Crippen LogP contribution in [0, 0.1) is 0 Å². The van der Waals surface area contributed by atoms with E-state index in [-0.39, 0.29) is 12.1 Å². The first kappa shape index (κ1) is 27.3. The maximum Gasteiger partial charge on any atom is 0.343 e. The van der Waals surface area contributed by atoms with Crippen molar-refractivity contribution in [1.29, 1.82) is 0 Å². The van der Waals surface area contributed by atoms with Crippen LogP contribution in [0.1, 0.15) is 82.5 Å². The summed E-state index contributed by atoms with van der Waals surface area (Å²) in [5.74, 6) is 1.79. The average molecular weight is 489 g/mol. The minimum atomic E-state index is -0.380. The third-order valence-corrected chi connectivity index (χ3v) is 6.16. The van der Waals surface area contributed by atoms with E-state index in [1.807, 2.05) is 36.4 Å². The van der Waals surface area contributed by atoms with Crippen molar-refractivity contribution in [2.45, 2.75) is 78.2 Å². The Morgan fingerprint density at radius 1 is 0.667 bits per heavy atom. The van der Waals surface area contributed by atoms with E-state index in [2.05, 4.69) is 32.9 Å². The molecule has 0 fully saturated rings. The highest BCUT2D eigenvalue weighted by Gasteiger charge is 2.10. The lowest BCUT2D eigenvalue weighted by Crippen LogP contribution is -2.11. The van der Waals surface area contributed by atoms with E-state index >= 15 is 0 Å². The van der Waals surface area contributed by atoms with Crippen LogP contribution < -0.4 is 14.2 Å². The van der Waals surface area contributed by atoms with Gasteiger partial charge in [-0.2, -0.15) is 0 Å². The molecule has 0 saturated carbocycles. The third-order valence-electron chi connectivity index (χ3n) is 6.16. The molecule has 192 valence electrons. The van der Waals surface area contributed by atoms with Crippen molar-refractivity contribution < 1.29 is 19.0 Å². The Hall–Kier alpha value is -3.27. The van der Waals surface area contributed by atoms with Gasteiger partial charge in [-0.05, 0) is 85.8 Å². The van der Waals surface area contributed by atoms with Crippen LogP contribution in [0.3, 0.4) is 0 Å². The molecule has 0 aliphatic rings. The second-order valence-corrected chi connectivity index (χ2v) is 9.30. The van der Waals surface area contributed by atoms with Gasteiger partial charge in [0.15, 0.2) is 0 Å². The number of carbonyl (C=O) groups is 1. The Labute approximate surface area is 216 Å². The highest BCUT2D eigenvalue weighted by atomic mass is 16.5. The normalized spacial score (nSPS) is 11.6. The number of hydrogen-bond acceptors (Lipinski definition) is 4. The molecule has 0 aromatic heterocycles. The number of rotatable bonds is 15. The molecule has 0 saturated heterocycles. The molecule has 0 heterocycles. The molecular formula is C32H40O4.